The van der Waals surface area contributed by atoms with Gasteiger partial charge in [-0.25, -0.2) is 15.0 Å². The first kappa shape index (κ1) is 15.0. The second-order valence-electron chi connectivity index (χ2n) is 6.32. The summed E-state index contributed by atoms with van der Waals surface area (Å²) in [6.07, 6.45) is 5.96. The van der Waals surface area contributed by atoms with Gasteiger partial charge in [0, 0.05) is 42.5 Å². The molecule has 22 heavy (non-hydrogen) atoms. The van der Waals surface area contributed by atoms with Gasteiger partial charge < -0.3 is 16.0 Å². The van der Waals surface area contributed by atoms with Crippen LogP contribution in [0.1, 0.15) is 33.6 Å². The third kappa shape index (κ3) is 3.44. The van der Waals surface area contributed by atoms with Crippen molar-refractivity contribution in [3.05, 3.63) is 18.5 Å². The highest BCUT2D eigenvalue weighted by Gasteiger charge is 2.18. The molecular formula is C16H24N6. The maximum absolute atomic E-state index is 4.67. The van der Waals surface area contributed by atoms with Crippen molar-refractivity contribution in [3.63, 3.8) is 0 Å². The minimum Gasteiger partial charge on any atom is -0.366 e. The van der Waals surface area contributed by atoms with Gasteiger partial charge in [0.15, 0.2) is 5.82 Å². The Hall–Kier alpha value is -1.95. The molecule has 2 aromatic heterocycles. The van der Waals surface area contributed by atoms with Crippen LogP contribution in [0.4, 0.5) is 11.8 Å². The van der Waals surface area contributed by atoms with Gasteiger partial charge in [0.25, 0.3) is 0 Å². The number of anilines is 2. The molecule has 1 aliphatic rings. The predicted octanol–water partition coefficient (Wildman–Crippen LogP) is 2.40. The van der Waals surface area contributed by atoms with E-state index < -0.39 is 0 Å². The van der Waals surface area contributed by atoms with Crippen LogP contribution in [0.25, 0.3) is 10.9 Å². The van der Waals surface area contributed by atoms with E-state index in [1.54, 1.807) is 6.20 Å². The van der Waals surface area contributed by atoms with E-state index in [0.717, 1.165) is 29.7 Å². The van der Waals surface area contributed by atoms with Crippen LogP contribution < -0.4 is 16.0 Å². The first-order valence-corrected chi connectivity index (χ1v) is 8.00. The van der Waals surface area contributed by atoms with Crippen molar-refractivity contribution >= 4 is 22.7 Å². The van der Waals surface area contributed by atoms with Crippen LogP contribution in [0.3, 0.4) is 0 Å². The lowest BCUT2D eigenvalue weighted by Crippen LogP contribution is -2.43. The van der Waals surface area contributed by atoms with Gasteiger partial charge in [-0.1, -0.05) is 0 Å². The first-order chi connectivity index (χ1) is 10.6. The number of hydrogen-bond acceptors (Lipinski definition) is 6. The number of fused-ring (bicyclic) bond motifs is 1. The Bertz CT molecular complexity index is 634. The van der Waals surface area contributed by atoms with Crippen molar-refractivity contribution in [3.8, 4) is 0 Å². The molecule has 118 valence electrons. The molecule has 2 aromatic rings. The molecule has 2 atom stereocenters. The quantitative estimate of drug-likeness (QED) is 0.805. The Kier molecular flexibility index (Phi) is 4.38. The Morgan fingerprint density at radius 3 is 2.86 bits per heavy atom. The number of hydrogen-bond donors (Lipinski definition) is 3. The summed E-state index contributed by atoms with van der Waals surface area (Å²) in [6.45, 7) is 7.36. The fourth-order valence-corrected chi connectivity index (χ4v) is 2.71. The zero-order valence-corrected chi connectivity index (χ0v) is 13.4. The largest absolute Gasteiger partial charge is 0.366 e. The lowest BCUT2D eigenvalue weighted by atomic mass is 10.0. The summed E-state index contributed by atoms with van der Waals surface area (Å²) >= 11 is 0. The highest BCUT2D eigenvalue weighted by Crippen LogP contribution is 2.21. The standard InChI is InChI=1S/C16H24N6/c1-10(2)20-15-14-12(6-7-17-15)8-19-16(22-14)21-13-5-4-11(3)18-9-13/h6-8,10-11,13,18H,4-5,9H2,1-3H3,(H,17,20)(H,19,21,22)/t11-,13-/m0/s1. The van der Waals surface area contributed by atoms with Crippen molar-refractivity contribution in [1.82, 2.24) is 20.3 Å². The zero-order chi connectivity index (χ0) is 15.5. The topological polar surface area (TPSA) is 74.8 Å². The molecule has 1 aliphatic heterocycles. The number of rotatable bonds is 4. The Labute approximate surface area is 131 Å². The van der Waals surface area contributed by atoms with Gasteiger partial charge in [-0.2, -0.15) is 0 Å². The molecule has 1 fully saturated rings. The smallest absolute Gasteiger partial charge is 0.223 e. The molecule has 3 N–H and O–H groups in total. The second kappa shape index (κ2) is 6.44. The van der Waals surface area contributed by atoms with Crippen LogP contribution in [0, 0.1) is 0 Å². The lowest BCUT2D eigenvalue weighted by Gasteiger charge is -2.28. The van der Waals surface area contributed by atoms with E-state index >= 15 is 0 Å². The number of pyridine rings is 1. The van der Waals surface area contributed by atoms with Gasteiger partial charge >= 0.3 is 0 Å². The van der Waals surface area contributed by atoms with Gasteiger partial charge in [0.05, 0.1) is 0 Å². The minimum atomic E-state index is 0.313. The first-order valence-electron chi connectivity index (χ1n) is 8.00. The molecular weight excluding hydrogens is 276 g/mol. The maximum Gasteiger partial charge on any atom is 0.223 e. The van der Waals surface area contributed by atoms with Gasteiger partial charge in [0.1, 0.15) is 5.52 Å². The van der Waals surface area contributed by atoms with Crippen LogP contribution in [0.5, 0.6) is 0 Å². The van der Waals surface area contributed by atoms with E-state index in [9.17, 15) is 0 Å². The summed E-state index contributed by atoms with van der Waals surface area (Å²) in [5, 5.41) is 11.3. The normalized spacial score (nSPS) is 22.0. The third-order valence-corrected chi connectivity index (χ3v) is 3.92. The molecule has 0 unspecified atom stereocenters. The van der Waals surface area contributed by atoms with Crippen LogP contribution in [-0.2, 0) is 0 Å². The van der Waals surface area contributed by atoms with Crippen LogP contribution in [0.2, 0.25) is 0 Å². The van der Waals surface area contributed by atoms with Crippen LogP contribution in [0.15, 0.2) is 18.5 Å². The lowest BCUT2D eigenvalue weighted by molar-refractivity contribution is 0.398. The number of aromatic nitrogens is 3. The molecule has 1 saturated heterocycles. The fourth-order valence-electron chi connectivity index (χ4n) is 2.71. The van der Waals surface area contributed by atoms with Gasteiger partial charge in [-0.15, -0.1) is 0 Å². The molecule has 0 bridgehead atoms. The number of nitrogens with one attached hydrogen (secondary N) is 3. The molecule has 3 rings (SSSR count). The molecule has 6 heteroatoms. The summed E-state index contributed by atoms with van der Waals surface area (Å²) in [5.74, 6) is 1.49. The molecule has 3 heterocycles. The second-order valence-corrected chi connectivity index (χ2v) is 6.32. The maximum atomic E-state index is 4.67. The van der Waals surface area contributed by atoms with Crippen LogP contribution >= 0.6 is 0 Å². The van der Waals surface area contributed by atoms with E-state index in [4.69, 9.17) is 0 Å². The highest BCUT2D eigenvalue weighted by atomic mass is 15.1. The van der Waals surface area contributed by atoms with E-state index in [1.807, 2.05) is 12.3 Å². The average Bonchev–Trinajstić information content (AvgIpc) is 2.50. The Morgan fingerprint density at radius 2 is 2.14 bits per heavy atom. The molecule has 0 aromatic carbocycles. The molecule has 0 saturated carbocycles. The summed E-state index contributed by atoms with van der Waals surface area (Å²) in [7, 11) is 0. The molecule has 0 radical (unpaired) electrons. The van der Waals surface area contributed by atoms with Gasteiger partial charge in [-0.3, -0.25) is 0 Å². The summed E-state index contributed by atoms with van der Waals surface area (Å²) < 4.78 is 0. The monoisotopic (exact) mass is 300 g/mol. The summed E-state index contributed by atoms with van der Waals surface area (Å²) in [5.41, 5.74) is 0.867. The molecule has 6 nitrogen and oxygen atoms in total. The average molecular weight is 300 g/mol. The van der Waals surface area contributed by atoms with Crippen molar-refractivity contribution in [2.45, 2.75) is 51.7 Å². The van der Waals surface area contributed by atoms with Gasteiger partial charge in [-0.05, 0) is 39.7 Å². The van der Waals surface area contributed by atoms with Crippen molar-refractivity contribution < 1.29 is 0 Å². The van der Waals surface area contributed by atoms with E-state index in [1.165, 1.54) is 6.42 Å². The van der Waals surface area contributed by atoms with Gasteiger partial charge in [0.2, 0.25) is 5.95 Å². The Morgan fingerprint density at radius 1 is 1.27 bits per heavy atom. The van der Waals surface area contributed by atoms with E-state index in [2.05, 4.69) is 51.7 Å². The SMILES string of the molecule is CC(C)Nc1nccc2cnc(N[C@H]3CC[C@H](C)NC3)nc12. The van der Waals surface area contributed by atoms with Crippen molar-refractivity contribution in [1.29, 1.82) is 0 Å². The van der Waals surface area contributed by atoms with E-state index in [-0.39, 0.29) is 0 Å². The predicted molar refractivity (Wildman–Crippen MR) is 90.2 cm³/mol. The minimum absolute atomic E-state index is 0.313. The Balaban J connectivity index is 1.82. The third-order valence-electron chi connectivity index (χ3n) is 3.92. The van der Waals surface area contributed by atoms with Crippen LogP contribution in [-0.4, -0.2) is 39.6 Å². The zero-order valence-electron chi connectivity index (χ0n) is 13.4. The molecule has 0 spiro atoms. The molecule has 0 amide bonds. The highest BCUT2D eigenvalue weighted by molar-refractivity contribution is 5.88. The molecule has 0 aliphatic carbocycles. The summed E-state index contributed by atoms with van der Waals surface area (Å²) in [6, 6.07) is 3.23. The summed E-state index contributed by atoms with van der Waals surface area (Å²) in [4.78, 5) is 13.5. The van der Waals surface area contributed by atoms with Crippen molar-refractivity contribution in [2.24, 2.45) is 0 Å². The van der Waals surface area contributed by atoms with Crippen molar-refractivity contribution in [2.75, 3.05) is 17.2 Å². The fraction of sp³-hybridized carbons (Fsp3) is 0.562. The van der Waals surface area contributed by atoms with E-state index in [0.29, 0.717) is 24.1 Å². The number of piperidine rings is 1. The number of nitrogens with zero attached hydrogens (tertiary/aromatic N) is 3.